The first kappa shape index (κ1) is 15.1. The summed E-state index contributed by atoms with van der Waals surface area (Å²) in [6, 6.07) is 9.15. The van der Waals surface area contributed by atoms with Crippen molar-refractivity contribution in [2.45, 2.75) is 13.8 Å². The van der Waals surface area contributed by atoms with E-state index in [0.29, 0.717) is 16.9 Å². The number of nitrogens with two attached hydrogens (primary N) is 1. The van der Waals surface area contributed by atoms with Gasteiger partial charge in [0, 0.05) is 14.5 Å². The Kier molecular flexibility index (Phi) is 4.50. The van der Waals surface area contributed by atoms with Crippen LogP contribution >= 0.6 is 31.9 Å². The summed E-state index contributed by atoms with van der Waals surface area (Å²) < 4.78 is 1.68. The van der Waals surface area contributed by atoms with Gasteiger partial charge in [-0.2, -0.15) is 0 Å². The summed E-state index contributed by atoms with van der Waals surface area (Å²) in [4.78, 5) is 12.3. The predicted octanol–water partition coefficient (Wildman–Crippen LogP) is 4.66. The minimum Gasteiger partial charge on any atom is -0.397 e. The van der Waals surface area contributed by atoms with Crippen LogP contribution in [-0.2, 0) is 0 Å². The SMILES string of the molecule is Cc1ccc(N)c(NC(=O)c2cc(Br)cc(Br)c2)c1C. The minimum atomic E-state index is -0.188. The number of amides is 1. The standard InChI is InChI=1S/C15H14Br2N2O/c1-8-3-4-13(18)14(9(8)2)19-15(20)10-5-11(16)7-12(17)6-10/h3-7H,18H2,1-2H3,(H,19,20). The second-order valence-electron chi connectivity index (χ2n) is 4.58. The molecule has 104 valence electrons. The second-order valence-corrected chi connectivity index (χ2v) is 6.42. The lowest BCUT2D eigenvalue weighted by Gasteiger charge is -2.13. The highest BCUT2D eigenvalue weighted by molar-refractivity contribution is 9.11. The van der Waals surface area contributed by atoms with E-state index in [2.05, 4.69) is 37.2 Å². The Hall–Kier alpha value is -1.33. The highest BCUT2D eigenvalue weighted by Gasteiger charge is 2.12. The van der Waals surface area contributed by atoms with E-state index in [1.54, 1.807) is 18.2 Å². The number of hydrogen-bond acceptors (Lipinski definition) is 2. The quantitative estimate of drug-likeness (QED) is 0.723. The van der Waals surface area contributed by atoms with Crippen molar-refractivity contribution in [3.63, 3.8) is 0 Å². The molecule has 2 aromatic rings. The van der Waals surface area contributed by atoms with Gasteiger partial charge in [0.1, 0.15) is 0 Å². The summed E-state index contributed by atoms with van der Waals surface area (Å²) in [6.07, 6.45) is 0. The van der Waals surface area contributed by atoms with Gasteiger partial charge in [0.2, 0.25) is 0 Å². The molecule has 2 rings (SSSR count). The first-order valence-corrected chi connectivity index (χ1v) is 7.60. The molecule has 0 bridgehead atoms. The molecule has 0 heterocycles. The minimum absolute atomic E-state index is 0.188. The number of nitrogens with one attached hydrogen (secondary N) is 1. The monoisotopic (exact) mass is 396 g/mol. The van der Waals surface area contributed by atoms with E-state index in [1.165, 1.54) is 0 Å². The molecule has 0 spiro atoms. The molecular formula is C15H14Br2N2O. The topological polar surface area (TPSA) is 55.1 Å². The largest absolute Gasteiger partial charge is 0.397 e. The van der Waals surface area contributed by atoms with Crippen molar-refractivity contribution in [1.82, 2.24) is 0 Å². The fourth-order valence-electron chi connectivity index (χ4n) is 1.87. The van der Waals surface area contributed by atoms with Gasteiger partial charge in [-0.1, -0.05) is 37.9 Å². The number of aryl methyl sites for hydroxylation is 1. The van der Waals surface area contributed by atoms with Crippen LogP contribution in [0.15, 0.2) is 39.3 Å². The summed E-state index contributed by atoms with van der Waals surface area (Å²) in [5, 5.41) is 2.88. The highest BCUT2D eigenvalue weighted by atomic mass is 79.9. The number of hydrogen-bond donors (Lipinski definition) is 2. The van der Waals surface area contributed by atoms with Crippen LogP contribution in [0.1, 0.15) is 21.5 Å². The van der Waals surface area contributed by atoms with Crippen LogP contribution in [-0.4, -0.2) is 5.91 Å². The zero-order chi connectivity index (χ0) is 14.9. The Morgan fingerprint density at radius 2 is 1.70 bits per heavy atom. The molecule has 0 fully saturated rings. The molecule has 0 aliphatic heterocycles. The normalized spacial score (nSPS) is 10.4. The predicted molar refractivity (Wildman–Crippen MR) is 90.1 cm³/mol. The maximum Gasteiger partial charge on any atom is 0.255 e. The number of rotatable bonds is 2. The Balaban J connectivity index is 2.35. The van der Waals surface area contributed by atoms with Crippen molar-refractivity contribution in [1.29, 1.82) is 0 Å². The van der Waals surface area contributed by atoms with Crippen LogP contribution in [0.5, 0.6) is 0 Å². The zero-order valence-corrected chi connectivity index (χ0v) is 14.3. The number of benzene rings is 2. The van der Waals surface area contributed by atoms with Crippen LogP contribution in [0, 0.1) is 13.8 Å². The molecule has 3 nitrogen and oxygen atoms in total. The van der Waals surface area contributed by atoms with Gasteiger partial charge in [0.25, 0.3) is 5.91 Å². The highest BCUT2D eigenvalue weighted by Crippen LogP contribution is 2.27. The molecule has 0 saturated carbocycles. The van der Waals surface area contributed by atoms with E-state index < -0.39 is 0 Å². The van der Waals surface area contributed by atoms with Gasteiger partial charge in [0.15, 0.2) is 0 Å². The summed E-state index contributed by atoms with van der Waals surface area (Å²) in [6.45, 7) is 3.93. The number of carbonyl (C=O) groups is 1. The number of anilines is 2. The van der Waals surface area contributed by atoms with E-state index in [0.717, 1.165) is 20.1 Å². The van der Waals surface area contributed by atoms with Crippen molar-refractivity contribution in [2.75, 3.05) is 11.1 Å². The number of halogens is 2. The third-order valence-electron chi connectivity index (χ3n) is 3.13. The van der Waals surface area contributed by atoms with Gasteiger partial charge >= 0.3 is 0 Å². The molecule has 0 aromatic heterocycles. The first-order valence-electron chi connectivity index (χ1n) is 6.01. The lowest BCUT2D eigenvalue weighted by atomic mass is 10.1. The molecule has 0 atom stereocenters. The number of nitrogen functional groups attached to an aromatic ring is 1. The first-order chi connectivity index (χ1) is 9.38. The van der Waals surface area contributed by atoms with Gasteiger partial charge in [-0.05, 0) is 49.2 Å². The van der Waals surface area contributed by atoms with Gasteiger partial charge in [0.05, 0.1) is 11.4 Å². The van der Waals surface area contributed by atoms with Crippen molar-refractivity contribution >= 4 is 49.1 Å². The third-order valence-corrected chi connectivity index (χ3v) is 4.05. The lowest BCUT2D eigenvalue weighted by molar-refractivity contribution is 0.102. The van der Waals surface area contributed by atoms with E-state index in [1.807, 2.05) is 26.0 Å². The Bertz CT molecular complexity index is 664. The van der Waals surface area contributed by atoms with Gasteiger partial charge < -0.3 is 11.1 Å². The Labute approximate surface area is 134 Å². The van der Waals surface area contributed by atoms with E-state index >= 15 is 0 Å². The van der Waals surface area contributed by atoms with Crippen LogP contribution in [0.2, 0.25) is 0 Å². The smallest absolute Gasteiger partial charge is 0.255 e. The molecule has 5 heteroatoms. The Morgan fingerprint density at radius 3 is 2.30 bits per heavy atom. The van der Waals surface area contributed by atoms with E-state index in [4.69, 9.17) is 5.73 Å². The molecule has 0 aliphatic carbocycles. The maximum atomic E-state index is 12.3. The summed E-state index contributed by atoms with van der Waals surface area (Å²) in [7, 11) is 0. The van der Waals surface area contributed by atoms with Crippen LogP contribution < -0.4 is 11.1 Å². The summed E-state index contributed by atoms with van der Waals surface area (Å²) >= 11 is 6.75. The average molecular weight is 398 g/mol. The summed E-state index contributed by atoms with van der Waals surface area (Å²) in [5.74, 6) is -0.188. The van der Waals surface area contributed by atoms with Crippen molar-refractivity contribution in [3.8, 4) is 0 Å². The zero-order valence-electron chi connectivity index (χ0n) is 11.1. The molecular weight excluding hydrogens is 384 g/mol. The molecule has 1 amide bonds. The van der Waals surface area contributed by atoms with Crippen LogP contribution in [0.4, 0.5) is 11.4 Å². The molecule has 0 radical (unpaired) electrons. The summed E-state index contributed by atoms with van der Waals surface area (Å²) in [5.41, 5.74) is 9.81. The third kappa shape index (κ3) is 3.22. The molecule has 2 aromatic carbocycles. The van der Waals surface area contributed by atoms with E-state index in [-0.39, 0.29) is 5.91 Å². The van der Waals surface area contributed by atoms with Crippen LogP contribution in [0.25, 0.3) is 0 Å². The second kappa shape index (κ2) is 5.97. The molecule has 20 heavy (non-hydrogen) atoms. The molecule has 0 aliphatic rings. The van der Waals surface area contributed by atoms with Crippen LogP contribution in [0.3, 0.4) is 0 Å². The van der Waals surface area contributed by atoms with Gasteiger partial charge in [-0.3, -0.25) is 4.79 Å². The lowest BCUT2D eigenvalue weighted by Crippen LogP contribution is -2.14. The average Bonchev–Trinajstić information content (AvgIpc) is 2.38. The van der Waals surface area contributed by atoms with E-state index in [9.17, 15) is 4.79 Å². The molecule has 0 unspecified atom stereocenters. The fourth-order valence-corrected chi connectivity index (χ4v) is 3.17. The Morgan fingerprint density at radius 1 is 1.10 bits per heavy atom. The fraction of sp³-hybridized carbons (Fsp3) is 0.133. The molecule has 3 N–H and O–H groups in total. The van der Waals surface area contributed by atoms with Crippen molar-refractivity contribution in [3.05, 3.63) is 56.0 Å². The maximum absolute atomic E-state index is 12.3. The molecule has 0 saturated heterocycles. The van der Waals surface area contributed by atoms with Gasteiger partial charge in [-0.15, -0.1) is 0 Å². The van der Waals surface area contributed by atoms with Gasteiger partial charge in [-0.25, -0.2) is 0 Å². The van der Waals surface area contributed by atoms with Crippen molar-refractivity contribution in [2.24, 2.45) is 0 Å². The number of carbonyl (C=O) groups excluding carboxylic acids is 1. The van der Waals surface area contributed by atoms with Crippen molar-refractivity contribution < 1.29 is 4.79 Å².